The highest BCUT2D eigenvalue weighted by molar-refractivity contribution is 6.02. The lowest BCUT2D eigenvalue weighted by Gasteiger charge is -2.12. The largest absolute Gasteiger partial charge is 0.349 e. The number of aryl methyl sites for hydroxylation is 2. The molecule has 21 heavy (non-hydrogen) atoms. The lowest BCUT2D eigenvalue weighted by atomic mass is 10.1. The third-order valence-corrected chi connectivity index (χ3v) is 4.09. The first-order chi connectivity index (χ1) is 10.0. The van der Waals surface area contributed by atoms with Crippen molar-refractivity contribution in [2.24, 2.45) is 5.92 Å². The molecule has 1 aliphatic rings. The quantitative estimate of drug-likeness (QED) is 0.939. The number of hydrogen-bond donors (Lipinski definition) is 1. The molecule has 0 unspecified atom stereocenters. The standard InChI is InChI=1S/C16H18N4O/c1-9-6-10(2)20-8-13(7-17)14(15(20)18-9)16(21)19-11(3)12-4-5-12/h6,8,11-12H,4-5H2,1-3H3,(H,19,21)/t11-/m0/s1. The number of carbonyl (C=O) groups excluding carboxylic acids is 1. The molecule has 0 aliphatic heterocycles. The van der Waals surface area contributed by atoms with E-state index in [1.807, 2.05) is 31.2 Å². The zero-order valence-corrected chi connectivity index (χ0v) is 12.5. The minimum Gasteiger partial charge on any atom is -0.349 e. The molecule has 0 saturated heterocycles. The normalized spacial score (nSPS) is 15.7. The highest BCUT2D eigenvalue weighted by atomic mass is 16.1. The fourth-order valence-electron chi connectivity index (χ4n) is 2.75. The summed E-state index contributed by atoms with van der Waals surface area (Å²) in [6.07, 6.45) is 4.02. The van der Waals surface area contributed by atoms with E-state index in [0.717, 1.165) is 11.4 Å². The Bertz CT molecular complexity index is 765. The smallest absolute Gasteiger partial charge is 0.256 e. The topological polar surface area (TPSA) is 70.2 Å². The molecule has 2 aromatic heterocycles. The van der Waals surface area contributed by atoms with Crippen LogP contribution in [0.1, 0.15) is 47.1 Å². The summed E-state index contributed by atoms with van der Waals surface area (Å²) >= 11 is 0. The van der Waals surface area contributed by atoms with Gasteiger partial charge in [0, 0.05) is 23.6 Å². The summed E-state index contributed by atoms with van der Waals surface area (Å²) in [6.45, 7) is 5.85. The van der Waals surface area contributed by atoms with Crippen molar-refractivity contribution in [1.82, 2.24) is 14.7 Å². The van der Waals surface area contributed by atoms with Gasteiger partial charge in [0.25, 0.3) is 5.91 Å². The number of nitrogens with one attached hydrogen (secondary N) is 1. The average Bonchev–Trinajstić information content (AvgIpc) is 3.19. The fourth-order valence-corrected chi connectivity index (χ4v) is 2.75. The van der Waals surface area contributed by atoms with Crippen molar-refractivity contribution < 1.29 is 4.79 Å². The van der Waals surface area contributed by atoms with Gasteiger partial charge in [-0.1, -0.05) is 0 Å². The number of carbonyl (C=O) groups is 1. The summed E-state index contributed by atoms with van der Waals surface area (Å²) in [6, 6.07) is 4.19. The van der Waals surface area contributed by atoms with Crippen LogP contribution in [-0.4, -0.2) is 21.3 Å². The lowest BCUT2D eigenvalue weighted by molar-refractivity contribution is 0.0937. The molecule has 1 amide bonds. The van der Waals surface area contributed by atoms with E-state index in [1.54, 1.807) is 6.20 Å². The molecule has 1 N–H and O–H groups in total. The Morgan fingerprint density at radius 3 is 2.86 bits per heavy atom. The Labute approximate surface area is 123 Å². The first kappa shape index (κ1) is 13.6. The Morgan fingerprint density at radius 2 is 2.24 bits per heavy atom. The van der Waals surface area contributed by atoms with Crippen molar-refractivity contribution in [2.75, 3.05) is 0 Å². The Hall–Kier alpha value is -2.35. The van der Waals surface area contributed by atoms with Crippen LogP contribution in [-0.2, 0) is 0 Å². The maximum Gasteiger partial charge on any atom is 0.256 e. The molecule has 2 aromatic rings. The summed E-state index contributed by atoms with van der Waals surface area (Å²) in [5.41, 5.74) is 3.12. The van der Waals surface area contributed by atoms with E-state index >= 15 is 0 Å². The van der Waals surface area contributed by atoms with Gasteiger partial charge in [0.15, 0.2) is 5.65 Å². The van der Waals surface area contributed by atoms with Gasteiger partial charge in [0.05, 0.1) is 5.56 Å². The molecule has 5 nitrogen and oxygen atoms in total. The highest BCUT2D eigenvalue weighted by Crippen LogP contribution is 2.32. The molecule has 0 bridgehead atoms. The zero-order chi connectivity index (χ0) is 15.1. The first-order valence-corrected chi connectivity index (χ1v) is 7.21. The van der Waals surface area contributed by atoms with Crippen LogP contribution >= 0.6 is 0 Å². The molecule has 1 saturated carbocycles. The summed E-state index contributed by atoms with van der Waals surface area (Å²) in [5.74, 6) is 0.371. The lowest BCUT2D eigenvalue weighted by Crippen LogP contribution is -2.34. The molecule has 2 heterocycles. The van der Waals surface area contributed by atoms with Crippen molar-refractivity contribution in [3.63, 3.8) is 0 Å². The molecule has 0 spiro atoms. The van der Waals surface area contributed by atoms with Gasteiger partial charge in [-0.05, 0) is 45.6 Å². The van der Waals surface area contributed by atoms with E-state index in [4.69, 9.17) is 0 Å². The number of aromatic nitrogens is 2. The van der Waals surface area contributed by atoms with E-state index < -0.39 is 0 Å². The third-order valence-electron chi connectivity index (χ3n) is 4.09. The fraction of sp³-hybridized carbons (Fsp3) is 0.438. The summed E-state index contributed by atoms with van der Waals surface area (Å²) in [7, 11) is 0. The van der Waals surface area contributed by atoms with E-state index in [0.29, 0.717) is 22.7 Å². The number of nitriles is 1. The number of fused-ring (bicyclic) bond motifs is 1. The first-order valence-electron chi connectivity index (χ1n) is 7.21. The second-order valence-electron chi connectivity index (χ2n) is 5.86. The van der Waals surface area contributed by atoms with Crippen molar-refractivity contribution in [1.29, 1.82) is 5.26 Å². The van der Waals surface area contributed by atoms with Gasteiger partial charge in [-0.2, -0.15) is 5.26 Å². The number of nitrogens with zero attached hydrogens (tertiary/aromatic N) is 3. The maximum atomic E-state index is 12.5. The maximum absolute atomic E-state index is 12.5. The van der Waals surface area contributed by atoms with Gasteiger partial charge in [0.2, 0.25) is 0 Å². The molecular formula is C16H18N4O. The van der Waals surface area contributed by atoms with Gasteiger partial charge in [-0.25, -0.2) is 4.98 Å². The van der Waals surface area contributed by atoms with Crippen LogP contribution in [0.25, 0.3) is 5.65 Å². The molecule has 0 aromatic carbocycles. The molecule has 1 aliphatic carbocycles. The number of amides is 1. The van der Waals surface area contributed by atoms with Gasteiger partial charge in [-0.3, -0.25) is 4.79 Å². The zero-order valence-electron chi connectivity index (χ0n) is 12.5. The second kappa shape index (κ2) is 4.88. The van der Waals surface area contributed by atoms with Crippen LogP contribution in [0.3, 0.4) is 0 Å². The highest BCUT2D eigenvalue weighted by Gasteiger charge is 2.30. The van der Waals surface area contributed by atoms with Crippen molar-refractivity contribution in [3.8, 4) is 6.07 Å². The Morgan fingerprint density at radius 1 is 1.52 bits per heavy atom. The molecule has 0 radical (unpaired) electrons. The predicted octanol–water partition coefficient (Wildman–Crippen LogP) is 2.35. The Balaban J connectivity index is 2.07. The monoisotopic (exact) mass is 282 g/mol. The summed E-state index contributed by atoms with van der Waals surface area (Å²) in [4.78, 5) is 17.0. The van der Waals surface area contributed by atoms with Gasteiger partial charge in [0.1, 0.15) is 11.6 Å². The van der Waals surface area contributed by atoms with Crippen LogP contribution in [0.2, 0.25) is 0 Å². The van der Waals surface area contributed by atoms with Crippen LogP contribution in [0.15, 0.2) is 12.3 Å². The van der Waals surface area contributed by atoms with Crippen molar-refractivity contribution >= 4 is 11.6 Å². The molecule has 3 rings (SSSR count). The summed E-state index contributed by atoms with van der Waals surface area (Å²) in [5, 5.41) is 12.3. The van der Waals surface area contributed by atoms with Gasteiger partial charge in [-0.15, -0.1) is 0 Å². The van der Waals surface area contributed by atoms with Crippen molar-refractivity contribution in [2.45, 2.75) is 39.7 Å². The van der Waals surface area contributed by atoms with Crippen LogP contribution < -0.4 is 5.32 Å². The second-order valence-corrected chi connectivity index (χ2v) is 5.86. The predicted molar refractivity (Wildman–Crippen MR) is 79.0 cm³/mol. The third kappa shape index (κ3) is 2.38. The molecular weight excluding hydrogens is 264 g/mol. The minimum atomic E-state index is -0.203. The minimum absolute atomic E-state index is 0.143. The van der Waals surface area contributed by atoms with Crippen LogP contribution in [0.5, 0.6) is 0 Å². The van der Waals surface area contributed by atoms with Crippen LogP contribution in [0, 0.1) is 31.1 Å². The number of rotatable bonds is 3. The Kier molecular flexibility index (Phi) is 3.17. The van der Waals surface area contributed by atoms with Gasteiger partial charge >= 0.3 is 0 Å². The van der Waals surface area contributed by atoms with E-state index in [2.05, 4.69) is 16.4 Å². The molecule has 108 valence electrons. The van der Waals surface area contributed by atoms with Crippen molar-refractivity contribution in [3.05, 3.63) is 34.8 Å². The SMILES string of the molecule is Cc1cc(C)n2cc(C#N)c(C(=O)N[C@@H](C)C3CC3)c2n1. The summed E-state index contributed by atoms with van der Waals surface area (Å²) < 4.78 is 1.81. The van der Waals surface area contributed by atoms with Gasteiger partial charge < -0.3 is 9.72 Å². The van der Waals surface area contributed by atoms with E-state index in [9.17, 15) is 10.1 Å². The van der Waals surface area contributed by atoms with Crippen LogP contribution in [0.4, 0.5) is 0 Å². The molecule has 1 fully saturated rings. The molecule has 1 atom stereocenters. The van der Waals surface area contributed by atoms with E-state index in [-0.39, 0.29) is 11.9 Å². The average molecular weight is 282 g/mol. The molecule has 5 heteroatoms. The van der Waals surface area contributed by atoms with E-state index in [1.165, 1.54) is 12.8 Å². The number of hydrogen-bond acceptors (Lipinski definition) is 3.